The molecule has 3 N–H and O–H groups in total. The monoisotopic (exact) mass is 491 g/mol. The van der Waals surface area contributed by atoms with Crippen LogP contribution in [0.3, 0.4) is 0 Å². The lowest BCUT2D eigenvalue weighted by molar-refractivity contribution is -0.0167. The molecule has 2 aromatic heterocycles. The SMILES string of the molecule is O=C(Nc1ccccn1)c1ccc2nc(-c3ccc(C(=O)NC45CC6CC(CC(C6)C4)C5)cc3)[nH]c2c1. The first kappa shape index (κ1) is 22.2. The van der Waals surface area contributed by atoms with Crippen LogP contribution in [0.15, 0.2) is 66.9 Å². The van der Waals surface area contributed by atoms with Crippen molar-refractivity contribution in [3.63, 3.8) is 0 Å². The fourth-order valence-electron chi connectivity index (χ4n) is 7.27. The molecular weight excluding hydrogens is 462 g/mol. The van der Waals surface area contributed by atoms with Gasteiger partial charge in [-0.3, -0.25) is 9.59 Å². The number of amides is 2. The van der Waals surface area contributed by atoms with Crippen molar-refractivity contribution in [2.75, 3.05) is 5.32 Å². The van der Waals surface area contributed by atoms with Crippen LogP contribution in [-0.2, 0) is 0 Å². The van der Waals surface area contributed by atoms with E-state index < -0.39 is 0 Å². The second-order valence-corrected chi connectivity index (χ2v) is 11.2. The number of benzene rings is 2. The quantitative estimate of drug-likeness (QED) is 0.340. The number of anilines is 1. The van der Waals surface area contributed by atoms with Gasteiger partial charge in [-0.25, -0.2) is 9.97 Å². The van der Waals surface area contributed by atoms with E-state index in [2.05, 4.69) is 25.6 Å². The second kappa shape index (κ2) is 8.54. The Labute approximate surface area is 215 Å². The van der Waals surface area contributed by atoms with Gasteiger partial charge in [0.15, 0.2) is 0 Å². The van der Waals surface area contributed by atoms with Crippen molar-refractivity contribution in [2.24, 2.45) is 17.8 Å². The summed E-state index contributed by atoms with van der Waals surface area (Å²) in [5, 5.41) is 6.25. The maximum absolute atomic E-state index is 13.2. The third kappa shape index (κ3) is 4.18. The summed E-state index contributed by atoms with van der Waals surface area (Å²) in [4.78, 5) is 38.0. The predicted molar refractivity (Wildman–Crippen MR) is 142 cm³/mol. The largest absolute Gasteiger partial charge is 0.347 e. The highest BCUT2D eigenvalue weighted by atomic mass is 16.2. The number of fused-ring (bicyclic) bond motifs is 1. The summed E-state index contributed by atoms with van der Waals surface area (Å²) in [6, 6.07) is 18.4. The molecule has 0 radical (unpaired) electrons. The number of carbonyl (C=O) groups is 2. The molecule has 2 aromatic carbocycles. The fraction of sp³-hybridized carbons (Fsp3) is 0.333. The second-order valence-electron chi connectivity index (χ2n) is 11.2. The average molecular weight is 492 g/mol. The highest BCUT2D eigenvalue weighted by molar-refractivity contribution is 6.05. The Kier molecular flexibility index (Phi) is 5.13. The molecule has 186 valence electrons. The van der Waals surface area contributed by atoms with Crippen molar-refractivity contribution in [2.45, 2.75) is 44.1 Å². The topological polar surface area (TPSA) is 99.8 Å². The van der Waals surface area contributed by atoms with Gasteiger partial charge in [0.1, 0.15) is 11.6 Å². The maximum atomic E-state index is 13.2. The van der Waals surface area contributed by atoms with Gasteiger partial charge in [-0.15, -0.1) is 0 Å². The van der Waals surface area contributed by atoms with Gasteiger partial charge in [0.2, 0.25) is 0 Å². The van der Waals surface area contributed by atoms with E-state index in [0.29, 0.717) is 22.8 Å². The molecule has 0 unspecified atom stereocenters. The lowest BCUT2D eigenvalue weighted by atomic mass is 9.53. The molecule has 0 spiro atoms. The number of nitrogens with zero attached hydrogens (tertiary/aromatic N) is 2. The van der Waals surface area contributed by atoms with Crippen molar-refractivity contribution >= 4 is 28.7 Å². The number of carbonyl (C=O) groups excluding carboxylic acids is 2. The molecule has 0 atom stereocenters. The Bertz CT molecular complexity index is 1460. The van der Waals surface area contributed by atoms with Crippen LogP contribution in [0.2, 0.25) is 0 Å². The molecule has 8 rings (SSSR count). The number of aromatic amines is 1. The molecule has 0 saturated heterocycles. The predicted octanol–water partition coefficient (Wildman–Crippen LogP) is 5.58. The Morgan fingerprint density at radius 2 is 1.54 bits per heavy atom. The molecule has 37 heavy (non-hydrogen) atoms. The number of hydrogen-bond donors (Lipinski definition) is 3. The molecule has 2 amide bonds. The minimum Gasteiger partial charge on any atom is -0.347 e. The number of hydrogen-bond acceptors (Lipinski definition) is 4. The molecule has 4 aliphatic carbocycles. The van der Waals surface area contributed by atoms with Crippen LogP contribution in [-0.4, -0.2) is 32.3 Å². The lowest BCUT2D eigenvalue weighted by Gasteiger charge is -2.56. The smallest absolute Gasteiger partial charge is 0.256 e. The lowest BCUT2D eigenvalue weighted by Crippen LogP contribution is -2.59. The summed E-state index contributed by atoms with van der Waals surface area (Å²) >= 11 is 0. The number of imidazole rings is 1. The van der Waals surface area contributed by atoms with Gasteiger partial charge < -0.3 is 15.6 Å². The normalized spacial score (nSPS) is 25.8. The van der Waals surface area contributed by atoms with E-state index in [1.54, 1.807) is 30.5 Å². The van der Waals surface area contributed by atoms with E-state index in [1.807, 2.05) is 36.4 Å². The third-order valence-corrected chi connectivity index (χ3v) is 8.49. The molecule has 4 bridgehead atoms. The third-order valence-electron chi connectivity index (χ3n) is 8.49. The molecule has 4 saturated carbocycles. The molecule has 7 heteroatoms. The van der Waals surface area contributed by atoms with Crippen LogP contribution in [0.25, 0.3) is 22.4 Å². The maximum Gasteiger partial charge on any atom is 0.256 e. The zero-order chi connectivity index (χ0) is 25.0. The molecule has 4 aliphatic rings. The zero-order valence-corrected chi connectivity index (χ0v) is 20.5. The Balaban J connectivity index is 1.07. The highest BCUT2D eigenvalue weighted by Crippen LogP contribution is 2.55. The first-order chi connectivity index (χ1) is 18.0. The van der Waals surface area contributed by atoms with Crippen molar-refractivity contribution in [1.29, 1.82) is 0 Å². The summed E-state index contributed by atoms with van der Waals surface area (Å²) in [6.07, 6.45) is 9.14. The van der Waals surface area contributed by atoms with Gasteiger partial charge in [-0.05, 0) is 98.7 Å². The van der Waals surface area contributed by atoms with Crippen molar-refractivity contribution < 1.29 is 9.59 Å². The van der Waals surface area contributed by atoms with Crippen LogP contribution in [0.5, 0.6) is 0 Å². The van der Waals surface area contributed by atoms with Gasteiger partial charge in [-0.1, -0.05) is 18.2 Å². The van der Waals surface area contributed by atoms with E-state index in [1.165, 1.54) is 19.3 Å². The number of aromatic nitrogens is 3. The molecule has 2 heterocycles. The number of nitrogens with one attached hydrogen (secondary N) is 3. The van der Waals surface area contributed by atoms with E-state index in [4.69, 9.17) is 0 Å². The molecule has 4 fully saturated rings. The summed E-state index contributed by atoms with van der Waals surface area (Å²) in [5.41, 5.74) is 3.64. The van der Waals surface area contributed by atoms with Gasteiger partial charge in [0.05, 0.1) is 11.0 Å². The molecule has 0 aliphatic heterocycles. The summed E-state index contributed by atoms with van der Waals surface area (Å²) in [7, 11) is 0. The summed E-state index contributed by atoms with van der Waals surface area (Å²) < 4.78 is 0. The van der Waals surface area contributed by atoms with Crippen molar-refractivity contribution in [3.05, 3.63) is 78.0 Å². The Morgan fingerprint density at radius 3 is 2.22 bits per heavy atom. The summed E-state index contributed by atoms with van der Waals surface area (Å²) in [5.74, 6) is 3.39. The van der Waals surface area contributed by atoms with E-state index in [-0.39, 0.29) is 17.4 Å². The van der Waals surface area contributed by atoms with E-state index in [9.17, 15) is 9.59 Å². The van der Waals surface area contributed by atoms with Crippen LogP contribution >= 0.6 is 0 Å². The van der Waals surface area contributed by atoms with Crippen LogP contribution < -0.4 is 10.6 Å². The van der Waals surface area contributed by atoms with Gasteiger partial charge in [-0.2, -0.15) is 0 Å². The van der Waals surface area contributed by atoms with Crippen LogP contribution in [0, 0.1) is 17.8 Å². The minimum atomic E-state index is -0.230. The zero-order valence-electron chi connectivity index (χ0n) is 20.5. The van der Waals surface area contributed by atoms with Crippen molar-refractivity contribution in [1.82, 2.24) is 20.3 Å². The van der Waals surface area contributed by atoms with Gasteiger partial charge in [0.25, 0.3) is 11.8 Å². The highest BCUT2D eigenvalue weighted by Gasteiger charge is 2.51. The van der Waals surface area contributed by atoms with Crippen LogP contribution in [0.1, 0.15) is 59.2 Å². The average Bonchev–Trinajstić information content (AvgIpc) is 3.32. The first-order valence-electron chi connectivity index (χ1n) is 13.2. The number of H-pyrrole nitrogens is 1. The van der Waals surface area contributed by atoms with Gasteiger partial charge in [0, 0.05) is 28.4 Å². The standard InChI is InChI=1S/C30H29N5O2/c36-28(34-26-3-1-2-10-31-26)23-8-9-24-25(14-23)33-27(32-24)21-4-6-22(7-5-21)29(37)35-30-15-18-11-19(16-30)13-20(12-18)17-30/h1-10,14,18-20H,11-13,15-17H2,(H,32,33)(H,35,37)(H,31,34,36). The molecule has 7 nitrogen and oxygen atoms in total. The Morgan fingerprint density at radius 1 is 0.838 bits per heavy atom. The van der Waals surface area contributed by atoms with Crippen LogP contribution in [0.4, 0.5) is 5.82 Å². The van der Waals surface area contributed by atoms with E-state index >= 15 is 0 Å². The first-order valence-corrected chi connectivity index (χ1v) is 13.2. The van der Waals surface area contributed by atoms with Crippen molar-refractivity contribution in [3.8, 4) is 11.4 Å². The summed E-state index contributed by atoms with van der Waals surface area (Å²) in [6.45, 7) is 0. The molecular formula is C30H29N5O2. The van der Waals surface area contributed by atoms with Gasteiger partial charge >= 0.3 is 0 Å². The molecule has 4 aromatic rings. The number of pyridine rings is 1. The minimum absolute atomic E-state index is 0.00378. The van der Waals surface area contributed by atoms with E-state index in [0.717, 1.165) is 53.6 Å². The number of rotatable bonds is 5. The fourth-order valence-corrected chi connectivity index (χ4v) is 7.27. The Hall–Kier alpha value is -4.00.